The minimum Gasteiger partial charge on any atom is -0.398 e. The summed E-state index contributed by atoms with van der Waals surface area (Å²) < 4.78 is 0. The van der Waals surface area contributed by atoms with Crippen LogP contribution in [0.3, 0.4) is 0 Å². The number of hydrogen-bond acceptors (Lipinski definition) is 3. The Balaban J connectivity index is 1.06. The number of fused-ring (bicyclic) bond motifs is 4. The second-order valence-corrected chi connectivity index (χ2v) is 12.8. The number of allylic oxidation sites excluding steroid dienone is 1. The Kier molecular flexibility index (Phi) is 7.37. The second kappa shape index (κ2) is 12.5. The Morgan fingerprint density at radius 1 is 0.520 bits per heavy atom. The second-order valence-electron chi connectivity index (χ2n) is 12.8. The maximum atomic E-state index is 6.80. The van der Waals surface area contributed by atoms with Crippen LogP contribution in [0.4, 0.5) is 0 Å². The molecule has 0 radical (unpaired) electrons. The Labute approximate surface area is 291 Å². The molecule has 50 heavy (non-hydrogen) atoms. The molecule has 1 heterocycles. The van der Waals surface area contributed by atoms with Crippen LogP contribution in [-0.2, 0) is 6.54 Å². The first-order valence-electron chi connectivity index (χ1n) is 17.0. The highest BCUT2D eigenvalue weighted by Crippen LogP contribution is 2.49. The summed E-state index contributed by atoms with van der Waals surface area (Å²) in [6.45, 7) is 0.560. The summed E-state index contributed by atoms with van der Waals surface area (Å²) >= 11 is 0. The van der Waals surface area contributed by atoms with Gasteiger partial charge in [-0.1, -0.05) is 158 Å². The van der Waals surface area contributed by atoms with Gasteiger partial charge in [0.05, 0.1) is 17.8 Å². The molecule has 1 aliphatic rings. The maximum absolute atomic E-state index is 6.80. The Morgan fingerprint density at radius 2 is 1.12 bits per heavy atom. The molecule has 0 saturated heterocycles. The van der Waals surface area contributed by atoms with Gasteiger partial charge in [0, 0.05) is 22.8 Å². The van der Waals surface area contributed by atoms with E-state index in [1.807, 2.05) is 36.5 Å². The molecule has 236 valence electrons. The van der Waals surface area contributed by atoms with Crippen molar-refractivity contribution in [3.8, 4) is 44.5 Å². The predicted molar refractivity (Wildman–Crippen MR) is 210 cm³/mol. The van der Waals surface area contributed by atoms with Crippen LogP contribution in [0.2, 0.25) is 0 Å². The van der Waals surface area contributed by atoms with Crippen LogP contribution >= 0.6 is 0 Å². The normalized spacial score (nSPS) is 12.4. The topological polar surface area (TPSA) is 51.3 Å². The SMILES string of the molecule is N/C(=C\C(=NCc1ccccc1)c1ccc(-c2ccc3c4c(cccc24)-c2ccccc2-3)cc1)c1ccc(-c2cccc3cccnc23)cc1. The van der Waals surface area contributed by atoms with Gasteiger partial charge in [0.25, 0.3) is 0 Å². The van der Waals surface area contributed by atoms with Crippen LogP contribution < -0.4 is 5.73 Å². The molecule has 0 bridgehead atoms. The summed E-state index contributed by atoms with van der Waals surface area (Å²) in [4.78, 5) is 9.73. The predicted octanol–water partition coefficient (Wildman–Crippen LogP) is 11.4. The van der Waals surface area contributed by atoms with Gasteiger partial charge in [-0.05, 0) is 78.5 Å². The average Bonchev–Trinajstić information content (AvgIpc) is 3.52. The molecule has 0 aliphatic heterocycles. The number of pyridine rings is 1. The molecule has 0 atom stereocenters. The molecular formula is C47H33N3. The highest BCUT2D eigenvalue weighted by atomic mass is 14.7. The lowest BCUT2D eigenvalue weighted by molar-refractivity contribution is 1.07. The van der Waals surface area contributed by atoms with Crippen molar-refractivity contribution < 1.29 is 0 Å². The Morgan fingerprint density at radius 3 is 1.90 bits per heavy atom. The largest absolute Gasteiger partial charge is 0.398 e. The fourth-order valence-corrected chi connectivity index (χ4v) is 7.27. The lowest BCUT2D eigenvalue weighted by atomic mass is 9.93. The number of benzene rings is 7. The van der Waals surface area contributed by atoms with Crippen molar-refractivity contribution in [3.05, 3.63) is 193 Å². The van der Waals surface area contributed by atoms with Gasteiger partial charge in [0.1, 0.15) is 0 Å². The molecule has 0 fully saturated rings. The minimum atomic E-state index is 0.560. The van der Waals surface area contributed by atoms with Crippen LogP contribution in [-0.4, -0.2) is 10.7 Å². The van der Waals surface area contributed by atoms with Crippen LogP contribution in [0.15, 0.2) is 181 Å². The molecule has 0 unspecified atom stereocenters. The van der Waals surface area contributed by atoms with Gasteiger partial charge in [0.2, 0.25) is 0 Å². The van der Waals surface area contributed by atoms with Crippen molar-refractivity contribution in [1.29, 1.82) is 0 Å². The van der Waals surface area contributed by atoms with E-state index in [0.29, 0.717) is 12.2 Å². The number of aliphatic imine (C=N–C) groups is 1. The van der Waals surface area contributed by atoms with Gasteiger partial charge >= 0.3 is 0 Å². The van der Waals surface area contributed by atoms with E-state index in [2.05, 4.69) is 145 Å². The molecule has 1 aromatic heterocycles. The van der Waals surface area contributed by atoms with Crippen molar-refractivity contribution in [3.63, 3.8) is 0 Å². The average molecular weight is 640 g/mol. The van der Waals surface area contributed by atoms with E-state index in [9.17, 15) is 0 Å². The van der Waals surface area contributed by atoms with Gasteiger partial charge in [-0.2, -0.15) is 0 Å². The molecule has 0 amide bonds. The molecule has 1 aliphatic carbocycles. The first-order chi connectivity index (χ1) is 24.7. The smallest absolute Gasteiger partial charge is 0.0780 e. The van der Waals surface area contributed by atoms with Crippen molar-refractivity contribution in [2.75, 3.05) is 0 Å². The molecule has 9 rings (SSSR count). The summed E-state index contributed by atoms with van der Waals surface area (Å²) in [6.07, 6.45) is 3.85. The lowest BCUT2D eigenvalue weighted by Gasteiger charge is -2.11. The number of para-hydroxylation sites is 1. The quantitative estimate of drug-likeness (QED) is 0.176. The van der Waals surface area contributed by atoms with E-state index in [1.54, 1.807) is 0 Å². The zero-order valence-corrected chi connectivity index (χ0v) is 27.4. The standard InChI is InChI=1S/C47H33N3/c48-44(34-22-18-33(19-23-34)38-15-6-11-36-12-8-28-49-47(36)38)29-45(50-30-31-9-2-1-3-10-31)35-24-20-32(21-25-35)37-26-27-43-40-14-5-4-13-39(40)42-17-7-16-41(37)46(42)43/h1-29H,30,48H2/b44-29-,50-45?. The number of rotatable bonds is 7. The van der Waals surface area contributed by atoms with Crippen LogP contribution in [0.5, 0.6) is 0 Å². The summed E-state index contributed by atoms with van der Waals surface area (Å²) in [5, 5.41) is 3.73. The third-order valence-corrected chi connectivity index (χ3v) is 9.77. The van der Waals surface area contributed by atoms with Crippen molar-refractivity contribution in [1.82, 2.24) is 4.98 Å². The molecular weight excluding hydrogens is 607 g/mol. The third-order valence-electron chi connectivity index (χ3n) is 9.77. The highest BCUT2D eigenvalue weighted by molar-refractivity contribution is 6.19. The number of nitrogens with two attached hydrogens (primary N) is 1. The molecule has 0 saturated carbocycles. The van der Waals surface area contributed by atoms with Crippen LogP contribution in [0, 0.1) is 0 Å². The number of aromatic nitrogens is 1. The Bertz CT molecular complexity index is 2560. The van der Waals surface area contributed by atoms with E-state index in [1.165, 1.54) is 44.2 Å². The summed E-state index contributed by atoms with van der Waals surface area (Å²) in [7, 11) is 0. The van der Waals surface area contributed by atoms with Gasteiger partial charge in [0.15, 0.2) is 0 Å². The zero-order chi connectivity index (χ0) is 33.4. The maximum Gasteiger partial charge on any atom is 0.0780 e. The first kappa shape index (κ1) is 29.6. The van der Waals surface area contributed by atoms with Crippen molar-refractivity contribution >= 4 is 33.1 Å². The number of hydrogen-bond donors (Lipinski definition) is 1. The van der Waals surface area contributed by atoms with Crippen LogP contribution in [0.25, 0.3) is 71.9 Å². The van der Waals surface area contributed by atoms with Crippen molar-refractivity contribution in [2.24, 2.45) is 10.7 Å². The summed E-state index contributed by atoms with van der Waals surface area (Å²) in [5.41, 5.74) is 22.3. The zero-order valence-electron chi connectivity index (χ0n) is 27.4. The van der Waals surface area contributed by atoms with E-state index < -0.39 is 0 Å². The van der Waals surface area contributed by atoms with Gasteiger partial charge < -0.3 is 5.73 Å². The van der Waals surface area contributed by atoms with E-state index >= 15 is 0 Å². The lowest BCUT2D eigenvalue weighted by Crippen LogP contribution is -2.04. The van der Waals surface area contributed by atoms with Gasteiger partial charge in [-0.3, -0.25) is 9.98 Å². The minimum absolute atomic E-state index is 0.560. The molecule has 7 aromatic carbocycles. The van der Waals surface area contributed by atoms with E-state index in [0.717, 1.165) is 44.4 Å². The molecule has 0 spiro atoms. The fraction of sp³-hybridized carbons (Fsp3) is 0.0213. The van der Waals surface area contributed by atoms with Crippen LogP contribution in [0.1, 0.15) is 16.7 Å². The number of nitrogens with zero attached hydrogens (tertiary/aromatic N) is 2. The summed E-state index contributed by atoms with van der Waals surface area (Å²) in [6, 6.07) is 57.7. The third kappa shape index (κ3) is 5.26. The van der Waals surface area contributed by atoms with Crippen molar-refractivity contribution in [2.45, 2.75) is 6.54 Å². The Hall–Kier alpha value is -6.58. The molecule has 3 nitrogen and oxygen atoms in total. The van der Waals surface area contributed by atoms with E-state index in [-0.39, 0.29) is 0 Å². The monoisotopic (exact) mass is 639 g/mol. The summed E-state index contributed by atoms with van der Waals surface area (Å²) in [5.74, 6) is 0. The molecule has 3 heteroatoms. The van der Waals surface area contributed by atoms with Gasteiger partial charge in [-0.25, -0.2) is 0 Å². The van der Waals surface area contributed by atoms with Gasteiger partial charge in [-0.15, -0.1) is 0 Å². The molecule has 2 N–H and O–H groups in total. The fourth-order valence-electron chi connectivity index (χ4n) is 7.27. The van der Waals surface area contributed by atoms with E-state index in [4.69, 9.17) is 10.7 Å². The highest BCUT2D eigenvalue weighted by Gasteiger charge is 2.22. The first-order valence-corrected chi connectivity index (χ1v) is 17.0. The molecule has 8 aromatic rings.